The Bertz CT molecular complexity index is 1200. The molecule has 1 aliphatic carbocycles. The zero-order valence-corrected chi connectivity index (χ0v) is 27.2. The molecular formula is C32H50N4O8S. The first-order chi connectivity index (χ1) is 21.5. The van der Waals surface area contributed by atoms with Gasteiger partial charge < -0.3 is 30.3 Å². The molecule has 45 heavy (non-hydrogen) atoms. The maximum atomic E-state index is 13.7. The van der Waals surface area contributed by atoms with E-state index in [-0.39, 0.29) is 51.2 Å². The number of benzene rings is 1. The summed E-state index contributed by atoms with van der Waals surface area (Å²) in [5, 5.41) is 27.2. The van der Waals surface area contributed by atoms with Gasteiger partial charge in [-0.05, 0) is 36.7 Å². The van der Waals surface area contributed by atoms with Crippen LogP contribution in [0.1, 0.15) is 64.4 Å². The molecule has 12 nitrogen and oxygen atoms in total. The molecule has 1 unspecified atom stereocenters. The van der Waals surface area contributed by atoms with Crippen molar-refractivity contribution in [3.8, 4) is 12.3 Å². The molecule has 1 aromatic carbocycles. The lowest BCUT2D eigenvalue weighted by Crippen LogP contribution is -2.59. The highest BCUT2D eigenvalue weighted by Crippen LogP contribution is 2.29. The van der Waals surface area contributed by atoms with Crippen molar-refractivity contribution in [2.45, 2.75) is 95.7 Å². The summed E-state index contributed by atoms with van der Waals surface area (Å²) in [6.45, 7) is 4.30. The number of carbonyl (C=O) groups excluding carboxylic acids is 2. The Labute approximate surface area is 267 Å². The maximum absolute atomic E-state index is 13.7. The molecule has 2 amide bonds. The van der Waals surface area contributed by atoms with Crippen LogP contribution in [0.5, 0.6) is 0 Å². The van der Waals surface area contributed by atoms with E-state index >= 15 is 0 Å². The summed E-state index contributed by atoms with van der Waals surface area (Å²) in [5.41, 5.74) is 0.697. The predicted molar refractivity (Wildman–Crippen MR) is 170 cm³/mol. The normalized spacial score (nSPS) is 20.0. The average Bonchev–Trinajstić information content (AvgIpc) is 3.02. The highest BCUT2D eigenvalue weighted by molar-refractivity contribution is 7.87. The molecule has 0 bridgehead atoms. The van der Waals surface area contributed by atoms with E-state index in [0.717, 1.165) is 32.1 Å². The number of terminal acetylenes is 1. The van der Waals surface area contributed by atoms with Gasteiger partial charge in [0.05, 0.1) is 25.4 Å². The largest absolute Gasteiger partial charge is 0.390 e. The number of morpholine rings is 1. The third-order valence-electron chi connectivity index (χ3n) is 8.20. The Morgan fingerprint density at radius 2 is 1.73 bits per heavy atom. The van der Waals surface area contributed by atoms with Gasteiger partial charge in [0.1, 0.15) is 18.8 Å². The summed E-state index contributed by atoms with van der Waals surface area (Å²) < 4.78 is 40.9. The summed E-state index contributed by atoms with van der Waals surface area (Å²) in [7, 11) is -4.08. The number of hydrogen-bond acceptors (Lipinski definition) is 8. The highest BCUT2D eigenvalue weighted by atomic mass is 32.2. The van der Waals surface area contributed by atoms with Crippen LogP contribution >= 0.6 is 0 Å². The van der Waals surface area contributed by atoms with Crippen LogP contribution in [-0.4, -0.2) is 98.2 Å². The molecule has 0 aromatic heterocycles. The average molecular weight is 651 g/mol. The van der Waals surface area contributed by atoms with Crippen molar-refractivity contribution >= 4 is 22.0 Å². The first-order valence-corrected chi connectivity index (χ1v) is 17.3. The van der Waals surface area contributed by atoms with Crippen LogP contribution in [0.4, 0.5) is 0 Å². The minimum absolute atomic E-state index is 0.00410. The van der Waals surface area contributed by atoms with Crippen LogP contribution in [0, 0.1) is 24.2 Å². The number of nitrogens with one attached hydrogen (secondary N) is 3. The van der Waals surface area contributed by atoms with Crippen molar-refractivity contribution < 1.29 is 37.7 Å². The van der Waals surface area contributed by atoms with E-state index in [1.807, 2.05) is 13.8 Å². The van der Waals surface area contributed by atoms with Gasteiger partial charge in [-0.3, -0.25) is 9.59 Å². The van der Waals surface area contributed by atoms with Crippen LogP contribution in [-0.2, 0) is 35.7 Å². The zero-order chi connectivity index (χ0) is 32.8. The topological polar surface area (TPSA) is 167 Å². The molecule has 1 aliphatic heterocycles. The van der Waals surface area contributed by atoms with Crippen molar-refractivity contribution in [3.63, 3.8) is 0 Å². The Balaban J connectivity index is 1.80. The molecule has 0 radical (unpaired) electrons. The minimum Gasteiger partial charge on any atom is -0.390 e. The van der Waals surface area contributed by atoms with Crippen molar-refractivity contribution in [2.24, 2.45) is 11.8 Å². The second kappa shape index (κ2) is 18.5. The lowest BCUT2D eigenvalue weighted by Gasteiger charge is -2.33. The lowest BCUT2D eigenvalue weighted by atomic mass is 9.82. The van der Waals surface area contributed by atoms with E-state index in [4.69, 9.17) is 15.9 Å². The number of aliphatic hydroxyl groups excluding tert-OH is 2. The van der Waals surface area contributed by atoms with Crippen molar-refractivity contribution in [3.05, 3.63) is 35.9 Å². The molecular weight excluding hydrogens is 600 g/mol. The SMILES string of the molecule is C#CCOC(NC(=O)[C@H](Cc1ccccc1)NS(=O)(=O)N1CCOCC1)C(=O)N[C@@H](CC1CCCCC1)[C@@H](O)[C@@H](O)CC(C)C. The van der Waals surface area contributed by atoms with Gasteiger partial charge in [-0.2, -0.15) is 17.4 Å². The second-order valence-corrected chi connectivity index (χ2v) is 14.0. The van der Waals surface area contributed by atoms with Gasteiger partial charge >= 0.3 is 0 Å². The molecule has 3 rings (SSSR count). The lowest BCUT2D eigenvalue weighted by molar-refractivity contribution is -0.142. The summed E-state index contributed by atoms with van der Waals surface area (Å²) in [5.74, 6) is 1.11. The number of nitrogens with zero attached hydrogens (tertiary/aromatic N) is 1. The van der Waals surface area contributed by atoms with E-state index in [9.17, 15) is 28.2 Å². The van der Waals surface area contributed by atoms with Gasteiger partial charge in [-0.1, -0.05) is 82.2 Å². The fourth-order valence-corrected chi connectivity index (χ4v) is 7.17. The third-order valence-corrected chi connectivity index (χ3v) is 9.83. The fourth-order valence-electron chi connectivity index (χ4n) is 5.84. The van der Waals surface area contributed by atoms with Crippen molar-refractivity contribution in [1.29, 1.82) is 0 Å². The summed E-state index contributed by atoms with van der Waals surface area (Å²) in [4.78, 5) is 27.3. The first kappa shape index (κ1) is 36.9. The van der Waals surface area contributed by atoms with Gasteiger partial charge in [-0.15, -0.1) is 6.42 Å². The number of rotatable bonds is 17. The van der Waals surface area contributed by atoms with Gasteiger partial charge in [0.25, 0.3) is 16.1 Å². The number of amides is 2. The quantitative estimate of drug-likeness (QED) is 0.123. The Morgan fingerprint density at radius 3 is 2.36 bits per heavy atom. The minimum atomic E-state index is -4.08. The van der Waals surface area contributed by atoms with E-state index < -0.39 is 52.5 Å². The summed E-state index contributed by atoms with van der Waals surface area (Å²) in [6, 6.07) is 6.80. The molecule has 13 heteroatoms. The van der Waals surface area contributed by atoms with E-state index in [0.29, 0.717) is 18.4 Å². The highest BCUT2D eigenvalue weighted by Gasteiger charge is 2.36. The Kier molecular flexibility index (Phi) is 15.2. The smallest absolute Gasteiger partial charge is 0.280 e. The Hall–Kier alpha value is -2.57. The number of ether oxygens (including phenoxy) is 2. The second-order valence-electron chi connectivity index (χ2n) is 12.3. The summed E-state index contributed by atoms with van der Waals surface area (Å²) in [6.07, 6.45) is 7.47. The molecule has 1 saturated carbocycles. The van der Waals surface area contributed by atoms with Crippen molar-refractivity contribution in [1.82, 2.24) is 19.7 Å². The van der Waals surface area contributed by atoms with Crippen LogP contribution < -0.4 is 15.4 Å². The first-order valence-electron chi connectivity index (χ1n) is 15.9. The van der Waals surface area contributed by atoms with Gasteiger partial charge in [0.15, 0.2) is 0 Å². The standard InChI is InChI=1S/C32H50N4O8S/c1-4-17-44-32(31(40)33-26(21-24-11-7-5-8-12-24)29(38)28(37)20-23(2)3)34-30(39)27(22-25-13-9-6-10-14-25)35-45(41,42)36-15-18-43-19-16-36/h1,6,9-10,13-14,23-24,26-29,32,35,37-38H,5,7-8,11-12,15-22H2,2-3H3,(H,33,40)(H,34,39)/t26-,27-,28-,29+,32?/m0/s1. The van der Waals surface area contributed by atoms with E-state index in [2.05, 4.69) is 21.3 Å². The number of aliphatic hydroxyl groups is 2. The number of carbonyl (C=O) groups is 2. The van der Waals surface area contributed by atoms with Crippen LogP contribution in [0.3, 0.4) is 0 Å². The molecule has 1 heterocycles. The maximum Gasteiger partial charge on any atom is 0.280 e. The molecule has 252 valence electrons. The zero-order valence-electron chi connectivity index (χ0n) is 26.4. The molecule has 0 spiro atoms. The van der Waals surface area contributed by atoms with Crippen LogP contribution in [0.25, 0.3) is 0 Å². The van der Waals surface area contributed by atoms with Crippen molar-refractivity contribution in [2.75, 3.05) is 32.9 Å². The van der Waals surface area contributed by atoms with Crippen LogP contribution in [0.2, 0.25) is 0 Å². The Morgan fingerprint density at radius 1 is 1.07 bits per heavy atom. The molecule has 1 saturated heterocycles. The van der Waals surface area contributed by atoms with Gasteiger partial charge in [0.2, 0.25) is 12.1 Å². The fraction of sp³-hybridized carbons (Fsp3) is 0.688. The predicted octanol–water partition coefficient (Wildman–Crippen LogP) is 1.08. The summed E-state index contributed by atoms with van der Waals surface area (Å²) >= 11 is 0. The molecule has 2 aliphatic rings. The van der Waals surface area contributed by atoms with Gasteiger partial charge in [0, 0.05) is 13.1 Å². The monoisotopic (exact) mass is 650 g/mol. The molecule has 5 atom stereocenters. The van der Waals surface area contributed by atoms with Crippen LogP contribution in [0.15, 0.2) is 30.3 Å². The molecule has 1 aromatic rings. The molecule has 5 N–H and O–H groups in total. The molecule has 2 fully saturated rings. The van der Waals surface area contributed by atoms with E-state index in [1.54, 1.807) is 30.3 Å². The third kappa shape index (κ3) is 12.3. The number of hydrogen-bond donors (Lipinski definition) is 5. The van der Waals surface area contributed by atoms with E-state index in [1.165, 1.54) is 4.31 Å². The van der Waals surface area contributed by atoms with Gasteiger partial charge in [-0.25, -0.2) is 0 Å².